The van der Waals surface area contributed by atoms with Gasteiger partial charge in [-0.05, 0) is 24.6 Å². The van der Waals surface area contributed by atoms with Gasteiger partial charge in [0.1, 0.15) is 11.6 Å². The summed E-state index contributed by atoms with van der Waals surface area (Å²) in [5, 5.41) is 0. The van der Waals surface area contributed by atoms with Crippen LogP contribution in [0.15, 0.2) is 36.7 Å². The molecule has 2 aromatic rings. The summed E-state index contributed by atoms with van der Waals surface area (Å²) in [4.78, 5) is 17.9. The van der Waals surface area contributed by atoms with Gasteiger partial charge >= 0.3 is 0 Å². The fraction of sp³-hybridized carbons (Fsp3) is 0.375. The van der Waals surface area contributed by atoms with Crippen molar-refractivity contribution in [3.05, 3.63) is 53.9 Å². The van der Waals surface area contributed by atoms with E-state index in [0.29, 0.717) is 26.1 Å². The van der Waals surface area contributed by atoms with Crippen LogP contribution in [0.2, 0.25) is 0 Å². The third-order valence-electron chi connectivity index (χ3n) is 3.44. The number of carbonyl (C=O) groups excluding carboxylic acids is 1. The molecule has 0 aliphatic carbocycles. The Labute approximate surface area is 124 Å². The van der Waals surface area contributed by atoms with E-state index in [2.05, 4.69) is 4.98 Å². The Hall–Kier alpha value is -2.17. The van der Waals surface area contributed by atoms with Crippen molar-refractivity contribution in [3.8, 4) is 0 Å². The Balaban J connectivity index is 2.11. The summed E-state index contributed by atoms with van der Waals surface area (Å²) in [6.45, 7) is 5.59. The van der Waals surface area contributed by atoms with Gasteiger partial charge in [0, 0.05) is 31.9 Å². The van der Waals surface area contributed by atoms with E-state index in [1.807, 2.05) is 24.6 Å². The minimum atomic E-state index is -0.240. The average Bonchev–Trinajstić information content (AvgIpc) is 2.93. The van der Waals surface area contributed by atoms with Crippen LogP contribution < -0.4 is 0 Å². The molecule has 21 heavy (non-hydrogen) atoms. The van der Waals surface area contributed by atoms with Crippen molar-refractivity contribution in [1.29, 1.82) is 0 Å². The number of rotatable bonds is 6. The minimum Gasteiger partial charge on any atom is -0.336 e. The molecule has 4 nitrogen and oxygen atoms in total. The summed E-state index contributed by atoms with van der Waals surface area (Å²) in [6.07, 6.45) is 4.10. The van der Waals surface area contributed by atoms with Crippen molar-refractivity contribution in [1.82, 2.24) is 14.5 Å². The maximum absolute atomic E-state index is 12.9. The molecule has 0 saturated heterocycles. The van der Waals surface area contributed by atoms with E-state index < -0.39 is 0 Å². The number of carbonyl (C=O) groups is 1. The number of aromatic nitrogens is 2. The first kappa shape index (κ1) is 15.2. The third kappa shape index (κ3) is 3.90. The van der Waals surface area contributed by atoms with Gasteiger partial charge in [-0.1, -0.05) is 19.1 Å². The normalized spacial score (nSPS) is 10.6. The highest BCUT2D eigenvalue weighted by Gasteiger charge is 2.13. The molecule has 0 unspecified atom stereocenters. The molecule has 1 heterocycles. The van der Waals surface area contributed by atoms with Gasteiger partial charge in [0.05, 0.1) is 6.54 Å². The van der Waals surface area contributed by atoms with Crippen LogP contribution in [0.5, 0.6) is 0 Å². The second-order valence-electron chi connectivity index (χ2n) is 4.86. The lowest BCUT2D eigenvalue weighted by molar-refractivity contribution is -0.131. The molecule has 0 spiro atoms. The topological polar surface area (TPSA) is 38.1 Å². The van der Waals surface area contributed by atoms with Crippen molar-refractivity contribution < 1.29 is 9.18 Å². The zero-order valence-corrected chi connectivity index (χ0v) is 12.4. The summed E-state index contributed by atoms with van der Waals surface area (Å²) in [5.74, 6) is 0.715. The predicted molar refractivity (Wildman–Crippen MR) is 79.1 cm³/mol. The van der Waals surface area contributed by atoms with E-state index in [4.69, 9.17) is 0 Å². The molecule has 0 atom stereocenters. The quantitative estimate of drug-likeness (QED) is 0.820. The van der Waals surface area contributed by atoms with Crippen LogP contribution in [0.25, 0.3) is 0 Å². The first-order chi connectivity index (χ1) is 10.1. The molecule has 0 bridgehead atoms. The summed E-state index contributed by atoms with van der Waals surface area (Å²) in [7, 11) is 0. The molecule has 2 rings (SSSR count). The summed E-state index contributed by atoms with van der Waals surface area (Å²) < 4.78 is 14.9. The summed E-state index contributed by atoms with van der Waals surface area (Å²) in [6, 6.07) is 6.41. The highest BCUT2D eigenvalue weighted by atomic mass is 19.1. The molecule has 0 N–H and O–H groups in total. The molecule has 1 amide bonds. The van der Waals surface area contributed by atoms with Crippen LogP contribution in [0.1, 0.15) is 31.7 Å². The molecule has 5 heteroatoms. The highest BCUT2D eigenvalue weighted by molar-refractivity contribution is 5.75. The number of halogens is 1. The lowest BCUT2D eigenvalue weighted by atomic mass is 10.2. The van der Waals surface area contributed by atoms with E-state index in [1.54, 1.807) is 23.2 Å². The van der Waals surface area contributed by atoms with Gasteiger partial charge in [0.25, 0.3) is 0 Å². The van der Waals surface area contributed by atoms with Crippen molar-refractivity contribution in [2.24, 2.45) is 0 Å². The van der Waals surface area contributed by atoms with E-state index in [0.717, 1.165) is 11.4 Å². The zero-order valence-electron chi connectivity index (χ0n) is 12.4. The van der Waals surface area contributed by atoms with Crippen molar-refractivity contribution in [2.45, 2.75) is 33.4 Å². The highest BCUT2D eigenvalue weighted by Crippen LogP contribution is 2.10. The number of hydrogen-bond acceptors (Lipinski definition) is 2. The van der Waals surface area contributed by atoms with Gasteiger partial charge < -0.3 is 9.47 Å². The second-order valence-corrected chi connectivity index (χ2v) is 4.86. The van der Waals surface area contributed by atoms with Crippen LogP contribution in [-0.2, 0) is 17.9 Å². The molecule has 1 aromatic heterocycles. The van der Waals surface area contributed by atoms with Gasteiger partial charge in [-0.2, -0.15) is 0 Å². The van der Waals surface area contributed by atoms with Gasteiger partial charge in [0.15, 0.2) is 0 Å². The fourth-order valence-electron chi connectivity index (χ4n) is 2.19. The predicted octanol–water partition coefficient (Wildman–Crippen LogP) is 2.83. The maximum Gasteiger partial charge on any atom is 0.222 e. The standard InChI is InChI=1S/C16H20FN3O/c1-3-16(21)19(4-2)12-15-18-9-10-20(15)11-13-5-7-14(17)8-6-13/h5-10H,3-4,11-12H2,1-2H3. The molecule has 112 valence electrons. The van der Waals surface area contributed by atoms with E-state index >= 15 is 0 Å². The van der Waals surface area contributed by atoms with Gasteiger partial charge in [-0.25, -0.2) is 9.37 Å². The molecule has 0 radical (unpaired) electrons. The first-order valence-corrected chi connectivity index (χ1v) is 7.16. The minimum absolute atomic E-state index is 0.119. The number of hydrogen-bond donors (Lipinski definition) is 0. The van der Waals surface area contributed by atoms with Crippen molar-refractivity contribution in [2.75, 3.05) is 6.54 Å². The van der Waals surface area contributed by atoms with Gasteiger partial charge in [-0.3, -0.25) is 4.79 Å². The molecule has 0 aliphatic rings. The number of nitrogens with zero attached hydrogens (tertiary/aromatic N) is 3. The van der Waals surface area contributed by atoms with Crippen LogP contribution in [0, 0.1) is 5.82 Å². The van der Waals surface area contributed by atoms with Gasteiger partial charge in [0.2, 0.25) is 5.91 Å². The van der Waals surface area contributed by atoms with Gasteiger partial charge in [-0.15, -0.1) is 0 Å². The van der Waals surface area contributed by atoms with E-state index in [1.165, 1.54) is 12.1 Å². The van der Waals surface area contributed by atoms with Crippen LogP contribution in [-0.4, -0.2) is 26.9 Å². The van der Waals surface area contributed by atoms with E-state index in [9.17, 15) is 9.18 Å². The SMILES string of the molecule is CCC(=O)N(CC)Cc1nccn1Cc1ccc(F)cc1. The molecular formula is C16H20FN3O. The molecule has 1 aromatic carbocycles. The Morgan fingerprint density at radius 3 is 2.62 bits per heavy atom. The average molecular weight is 289 g/mol. The Morgan fingerprint density at radius 1 is 1.29 bits per heavy atom. The molecular weight excluding hydrogens is 269 g/mol. The fourth-order valence-corrected chi connectivity index (χ4v) is 2.19. The lowest BCUT2D eigenvalue weighted by Gasteiger charge is -2.20. The number of imidazole rings is 1. The molecule has 0 saturated carbocycles. The molecule has 0 aliphatic heterocycles. The lowest BCUT2D eigenvalue weighted by Crippen LogP contribution is -2.30. The number of amides is 1. The smallest absolute Gasteiger partial charge is 0.222 e. The summed E-state index contributed by atoms with van der Waals surface area (Å²) in [5.41, 5.74) is 1.00. The summed E-state index contributed by atoms with van der Waals surface area (Å²) >= 11 is 0. The Morgan fingerprint density at radius 2 is 2.00 bits per heavy atom. The maximum atomic E-state index is 12.9. The first-order valence-electron chi connectivity index (χ1n) is 7.16. The van der Waals surface area contributed by atoms with Crippen molar-refractivity contribution >= 4 is 5.91 Å². The second kappa shape index (κ2) is 7.02. The molecule has 0 fully saturated rings. The zero-order chi connectivity index (χ0) is 15.2. The Kier molecular flexibility index (Phi) is 5.09. The van der Waals surface area contributed by atoms with Crippen molar-refractivity contribution in [3.63, 3.8) is 0 Å². The monoisotopic (exact) mass is 289 g/mol. The van der Waals surface area contributed by atoms with E-state index in [-0.39, 0.29) is 11.7 Å². The Bertz CT molecular complexity index is 592. The largest absolute Gasteiger partial charge is 0.336 e. The van der Waals surface area contributed by atoms with Crippen LogP contribution in [0.3, 0.4) is 0 Å². The van der Waals surface area contributed by atoms with Crippen LogP contribution in [0.4, 0.5) is 4.39 Å². The third-order valence-corrected chi connectivity index (χ3v) is 3.44. The van der Waals surface area contributed by atoms with Crippen LogP contribution >= 0.6 is 0 Å². The number of benzene rings is 1.